The molecule has 0 saturated carbocycles. The van der Waals surface area contributed by atoms with Crippen molar-refractivity contribution in [3.05, 3.63) is 80.4 Å². The number of hydrogen-bond acceptors (Lipinski definition) is 6. The predicted molar refractivity (Wildman–Crippen MR) is 98.0 cm³/mol. The van der Waals surface area contributed by atoms with Gasteiger partial charge in [0.25, 0.3) is 11.6 Å². The van der Waals surface area contributed by atoms with Crippen LogP contribution in [-0.2, 0) is 6.61 Å². The number of ether oxygens (including phenoxy) is 1. The Kier molecular flexibility index (Phi) is 5.55. The molecular formula is C18H13ClFN3O5. The molecule has 0 bridgehead atoms. The molecule has 1 heterocycles. The van der Waals surface area contributed by atoms with Gasteiger partial charge in [-0.25, -0.2) is 4.39 Å². The number of amides is 1. The van der Waals surface area contributed by atoms with E-state index < -0.39 is 16.6 Å². The highest BCUT2D eigenvalue weighted by atomic mass is 35.5. The normalized spacial score (nSPS) is 10.5. The van der Waals surface area contributed by atoms with E-state index in [1.807, 2.05) is 0 Å². The first kappa shape index (κ1) is 19.3. The Labute approximate surface area is 163 Å². The maximum absolute atomic E-state index is 13.0. The molecule has 2 aromatic carbocycles. The molecule has 3 aromatic rings. The third-order valence-electron chi connectivity index (χ3n) is 3.80. The van der Waals surface area contributed by atoms with Crippen LogP contribution in [0.5, 0.6) is 5.75 Å². The van der Waals surface area contributed by atoms with Crippen LogP contribution in [0.15, 0.2) is 47.0 Å². The van der Waals surface area contributed by atoms with Gasteiger partial charge in [0.1, 0.15) is 29.6 Å². The molecule has 0 atom stereocenters. The number of hydrogen-bond donors (Lipinski definition) is 1. The molecule has 0 saturated heterocycles. The van der Waals surface area contributed by atoms with Crippen LogP contribution >= 0.6 is 11.6 Å². The zero-order chi connectivity index (χ0) is 20.3. The third kappa shape index (κ3) is 4.26. The number of nitrogens with one attached hydrogen (secondary N) is 1. The topological polar surface area (TPSA) is 108 Å². The number of nitro groups is 1. The van der Waals surface area contributed by atoms with Gasteiger partial charge in [-0.05, 0) is 43.3 Å². The number of aryl methyl sites for hydroxylation is 1. The van der Waals surface area contributed by atoms with Gasteiger partial charge >= 0.3 is 0 Å². The number of rotatable bonds is 6. The highest BCUT2D eigenvalue weighted by Crippen LogP contribution is 2.28. The highest BCUT2D eigenvalue weighted by molar-refractivity contribution is 6.31. The zero-order valence-corrected chi connectivity index (χ0v) is 15.2. The van der Waals surface area contributed by atoms with Crippen molar-refractivity contribution in [1.82, 2.24) is 5.16 Å². The van der Waals surface area contributed by atoms with E-state index in [-0.39, 0.29) is 28.7 Å². The number of nitrogens with zero attached hydrogens (tertiary/aromatic N) is 2. The van der Waals surface area contributed by atoms with Crippen LogP contribution in [0.3, 0.4) is 0 Å². The van der Waals surface area contributed by atoms with Crippen LogP contribution in [-0.4, -0.2) is 16.0 Å². The summed E-state index contributed by atoms with van der Waals surface area (Å²) in [5, 5.41) is 17.5. The fraction of sp³-hybridized carbons (Fsp3) is 0.111. The highest BCUT2D eigenvalue weighted by Gasteiger charge is 2.23. The minimum atomic E-state index is -0.708. The van der Waals surface area contributed by atoms with Gasteiger partial charge in [0.15, 0.2) is 5.69 Å². The number of nitro benzene ring substituents is 1. The van der Waals surface area contributed by atoms with Gasteiger partial charge in [0, 0.05) is 11.1 Å². The molecule has 0 radical (unpaired) electrons. The molecule has 0 aliphatic carbocycles. The lowest BCUT2D eigenvalue weighted by molar-refractivity contribution is -0.383. The molecule has 28 heavy (non-hydrogen) atoms. The Balaban J connectivity index is 1.80. The minimum absolute atomic E-state index is 0.0366. The van der Waals surface area contributed by atoms with Gasteiger partial charge in [-0.2, -0.15) is 0 Å². The summed E-state index contributed by atoms with van der Waals surface area (Å²) < 4.78 is 23.6. The molecule has 0 unspecified atom stereocenters. The second-order valence-corrected chi connectivity index (χ2v) is 6.12. The number of anilines is 1. The Morgan fingerprint density at radius 2 is 2.04 bits per heavy atom. The van der Waals surface area contributed by atoms with E-state index in [1.54, 1.807) is 6.92 Å². The molecule has 144 valence electrons. The molecule has 8 nitrogen and oxygen atoms in total. The first-order chi connectivity index (χ1) is 13.3. The number of carbonyl (C=O) groups is 1. The SMILES string of the molecule is Cc1onc(C(=O)Nc2ccc(Cl)cc2[N+](=O)[O-])c1COc1ccc(F)cc1. The molecular weight excluding hydrogens is 393 g/mol. The smallest absolute Gasteiger partial charge is 0.294 e. The van der Waals surface area contributed by atoms with E-state index >= 15 is 0 Å². The molecule has 0 aliphatic rings. The number of carbonyl (C=O) groups excluding carboxylic acids is 1. The van der Waals surface area contributed by atoms with Gasteiger partial charge < -0.3 is 14.6 Å². The van der Waals surface area contributed by atoms with E-state index in [0.717, 1.165) is 6.07 Å². The minimum Gasteiger partial charge on any atom is -0.489 e. The Morgan fingerprint density at radius 1 is 1.32 bits per heavy atom. The number of aromatic nitrogens is 1. The molecule has 10 heteroatoms. The predicted octanol–water partition coefficient (Wildman–Crippen LogP) is 4.52. The second kappa shape index (κ2) is 8.05. The summed E-state index contributed by atoms with van der Waals surface area (Å²) >= 11 is 5.77. The summed E-state index contributed by atoms with van der Waals surface area (Å²) in [6.45, 7) is 1.53. The Bertz CT molecular complexity index is 1040. The van der Waals surface area contributed by atoms with Gasteiger partial charge in [-0.1, -0.05) is 16.8 Å². The van der Waals surface area contributed by atoms with Crippen LogP contribution in [0.4, 0.5) is 15.8 Å². The largest absolute Gasteiger partial charge is 0.489 e. The van der Waals surface area contributed by atoms with Gasteiger partial charge in [0.05, 0.1) is 10.5 Å². The van der Waals surface area contributed by atoms with Crippen molar-refractivity contribution in [3.63, 3.8) is 0 Å². The molecule has 1 amide bonds. The van der Waals surface area contributed by atoms with E-state index in [2.05, 4.69) is 10.5 Å². The average Bonchev–Trinajstić information content (AvgIpc) is 3.03. The fourth-order valence-electron chi connectivity index (χ4n) is 2.37. The molecule has 1 aromatic heterocycles. The lowest BCUT2D eigenvalue weighted by Gasteiger charge is -2.08. The van der Waals surface area contributed by atoms with Gasteiger partial charge in [-0.3, -0.25) is 14.9 Å². The first-order valence-electron chi connectivity index (χ1n) is 7.94. The van der Waals surface area contributed by atoms with E-state index in [0.29, 0.717) is 17.1 Å². The Hall–Kier alpha value is -3.46. The molecule has 0 aliphatic heterocycles. The van der Waals surface area contributed by atoms with E-state index in [4.69, 9.17) is 20.9 Å². The molecule has 1 N–H and O–H groups in total. The second-order valence-electron chi connectivity index (χ2n) is 5.68. The van der Waals surface area contributed by atoms with Crippen LogP contribution in [0.2, 0.25) is 5.02 Å². The number of halogens is 2. The van der Waals surface area contributed by atoms with Gasteiger partial charge in [0.2, 0.25) is 0 Å². The Morgan fingerprint density at radius 3 is 2.71 bits per heavy atom. The first-order valence-corrected chi connectivity index (χ1v) is 8.31. The van der Waals surface area contributed by atoms with Crippen molar-refractivity contribution < 1.29 is 23.4 Å². The van der Waals surface area contributed by atoms with Crippen molar-refractivity contribution >= 4 is 28.9 Å². The van der Waals surface area contributed by atoms with Crippen molar-refractivity contribution in [2.75, 3.05) is 5.32 Å². The van der Waals surface area contributed by atoms with Crippen molar-refractivity contribution in [2.45, 2.75) is 13.5 Å². The summed E-state index contributed by atoms with van der Waals surface area (Å²) in [5.74, 6) is -0.377. The lowest BCUT2D eigenvalue weighted by Crippen LogP contribution is -2.16. The summed E-state index contributed by atoms with van der Waals surface area (Å²) in [6, 6.07) is 9.22. The van der Waals surface area contributed by atoms with Crippen molar-refractivity contribution in [3.8, 4) is 5.75 Å². The molecule has 0 fully saturated rings. The summed E-state index contributed by atoms with van der Waals surface area (Å²) in [4.78, 5) is 23.1. The summed E-state index contributed by atoms with van der Waals surface area (Å²) in [6.07, 6.45) is 0. The zero-order valence-electron chi connectivity index (χ0n) is 14.4. The van der Waals surface area contributed by atoms with Gasteiger partial charge in [-0.15, -0.1) is 0 Å². The van der Waals surface area contributed by atoms with Crippen LogP contribution in [0, 0.1) is 22.9 Å². The average molecular weight is 406 g/mol. The van der Waals surface area contributed by atoms with Crippen molar-refractivity contribution in [2.24, 2.45) is 0 Å². The maximum atomic E-state index is 13.0. The standard InChI is InChI=1S/C18H13ClFN3O5/c1-10-14(9-27-13-5-3-12(20)4-6-13)17(22-28-10)18(24)21-15-7-2-11(19)8-16(15)23(25)26/h2-8H,9H2,1H3,(H,21,24). The quantitative estimate of drug-likeness (QED) is 0.477. The monoisotopic (exact) mass is 405 g/mol. The molecule has 3 rings (SSSR count). The fourth-order valence-corrected chi connectivity index (χ4v) is 2.54. The maximum Gasteiger partial charge on any atom is 0.294 e. The van der Waals surface area contributed by atoms with Crippen molar-refractivity contribution in [1.29, 1.82) is 0 Å². The van der Waals surface area contributed by atoms with Crippen LogP contribution in [0.1, 0.15) is 21.8 Å². The lowest BCUT2D eigenvalue weighted by atomic mass is 10.2. The van der Waals surface area contributed by atoms with Crippen LogP contribution < -0.4 is 10.1 Å². The number of benzene rings is 2. The third-order valence-corrected chi connectivity index (χ3v) is 4.04. The molecule has 0 spiro atoms. The van der Waals surface area contributed by atoms with E-state index in [9.17, 15) is 19.3 Å². The van der Waals surface area contributed by atoms with E-state index in [1.165, 1.54) is 36.4 Å². The summed E-state index contributed by atoms with van der Waals surface area (Å²) in [7, 11) is 0. The van der Waals surface area contributed by atoms with Crippen LogP contribution in [0.25, 0.3) is 0 Å². The summed E-state index contributed by atoms with van der Waals surface area (Å²) in [5.41, 5.74) is -0.113.